The van der Waals surface area contributed by atoms with E-state index in [1.165, 1.54) is 7.11 Å². The second-order valence-electron chi connectivity index (χ2n) is 8.61. The molecule has 2 aromatic carbocycles. The molecule has 1 amide bonds. The number of unbranched alkanes of at least 4 members (excludes halogenated alkanes) is 3. The van der Waals surface area contributed by atoms with Crippen molar-refractivity contribution in [2.45, 2.75) is 51.5 Å². The van der Waals surface area contributed by atoms with Gasteiger partial charge in [0.1, 0.15) is 11.9 Å². The largest absolute Gasteiger partial charge is 0.469 e. The van der Waals surface area contributed by atoms with Crippen molar-refractivity contribution in [3.05, 3.63) is 77.4 Å². The van der Waals surface area contributed by atoms with Crippen LogP contribution in [0.3, 0.4) is 0 Å². The van der Waals surface area contributed by atoms with Gasteiger partial charge < -0.3 is 10.1 Å². The lowest BCUT2D eigenvalue weighted by Gasteiger charge is -2.13. The second kappa shape index (κ2) is 11.6. The Bertz CT molecular complexity index is 1200. The number of nitrogens with zero attached hydrogens (tertiary/aromatic N) is 4. The lowest BCUT2D eigenvalue weighted by Crippen LogP contribution is -2.26. The zero-order valence-corrected chi connectivity index (χ0v) is 20.2. The molecule has 0 aliphatic carbocycles. The van der Waals surface area contributed by atoms with Gasteiger partial charge in [-0.15, -0.1) is 10.2 Å². The van der Waals surface area contributed by atoms with Crippen molar-refractivity contribution in [1.82, 2.24) is 20.1 Å². The van der Waals surface area contributed by atoms with Gasteiger partial charge in [-0.05, 0) is 25.8 Å². The number of esters is 1. The number of carbonyl (C=O) groups is 2. The van der Waals surface area contributed by atoms with Crippen molar-refractivity contribution >= 4 is 17.6 Å². The number of hydrogen-bond donors (Lipinski definition) is 1. The predicted molar refractivity (Wildman–Crippen MR) is 134 cm³/mol. The van der Waals surface area contributed by atoms with Gasteiger partial charge in [-0.1, -0.05) is 61.4 Å². The van der Waals surface area contributed by atoms with Crippen LogP contribution in [0.2, 0.25) is 0 Å². The minimum absolute atomic E-state index is 0.0705. The molecule has 4 rings (SSSR count). The highest BCUT2D eigenvalue weighted by Crippen LogP contribution is 2.32. The number of nitrogens with one attached hydrogen (secondary N) is 1. The van der Waals surface area contributed by atoms with E-state index in [0.717, 1.165) is 54.0 Å². The van der Waals surface area contributed by atoms with Crippen molar-refractivity contribution in [2.75, 3.05) is 13.7 Å². The summed E-state index contributed by atoms with van der Waals surface area (Å²) in [5, 5.41) is 11.7. The average Bonchev–Trinajstić information content (AvgIpc) is 3.20. The van der Waals surface area contributed by atoms with Crippen LogP contribution < -0.4 is 5.32 Å². The zero-order chi connectivity index (χ0) is 24.6. The molecule has 8 nitrogen and oxygen atoms in total. The zero-order valence-electron chi connectivity index (χ0n) is 20.2. The quantitative estimate of drug-likeness (QED) is 0.353. The molecule has 8 heteroatoms. The minimum atomic E-state index is -0.459. The first-order valence-electron chi connectivity index (χ1n) is 12.1. The fourth-order valence-corrected chi connectivity index (χ4v) is 4.33. The van der Waals surface area contributed by atoms with Gasteiger partial charge in [0.15, 0.2) is 5.82 Å². The summed E-state index contributed by atoms with van der Waals surface area (Å²) in [5.41, 5.74) is 3.78. The highest BCUT2D eigenvalue weighted by Gasteiger charge is 2.29. The first-order chi connectivity index (χ1) is 17.1. The summed E-state index contributed by atoms with van der Waals surface area (Å²) in [4.78, 5) is 29.1. The third kappa shape index (κ3) is 5.82. The van der Waals surface area contributed by atoms with E-state index in [0.29, 0.717) is 18.8 Å². The number of fused-ring (bicyclic) bond motifs is 3. The lowest BCUT2D eigenvalue weighted by molar-refractivity contribution is -0.140. The van der Waals surface area contributed by atoms with Gasteiger partial charge >= 0.3 is 5.97 Å². The number of aromatic nitrogens is 3. The summed E-state index contributed by atoms with van der Waals surface area (Å²) in [6, 6.07) is 17.6. The summed E-state index contributed by atoms with van der Waals surface area (Å²) in [6.07, 6.45) is 4.16. The number of para-hydroxylation sites is 1. The highest BCUT2D eigenvalue weighted by molar-refractivity contribution is 6.15. The van der Waals surface area contributed by atoms with Crippen LogP contribution in [0.15, 0.2) is 59.6 Å². The van der Waals surface area contributed by atoms with Gasteiger partial charge in [-0.3, -0.25) is 19.1 Å². The maximum Gasteiger partial charge on any atom is 0.305 e. The summed E-state index contributed by atoms with van der Waals surface area (Å²) >= 11 is 0. The fourth-order valence-electron chi connectivity index (χ4n) is 4.33. The van der Waals surface area contributed by atoms with Gasteiger partial charge in [0.05, 0.1) is 24.9 Å². The first kappa shape index (κ1) is 24.3. The van der Waals surface area contributed by atoms with Crippen LogP contribution in [0.1, 0.15) is 67.3 Å². The van der Waals surface area contributed by atoms with Crippen molar-refractivity contribution in [1.29, 1.82) is 0 Å². The molecular weight excluding hydrogens is 442 g/mol. The number of aryl methyl sites for hydroxylation is 1. The number of carbonyl (C=O) groups excluding carboxylic acids is 2. The smallest absolute Gasteiger partial charge is 0.305 e. The first-order valence-corrected chi connectivity index (χ1v) is 12.1. The predicted octanol–water partition coefficient (Wildman–Crippen LogP) is 4.10. The molecule has 35 heavy (non-hydrogen) atoms. The van der Waals surface area contributed by atoms with Crippen molar-refractivity contribution in [2.24, 2.45) is 4.99 Å². The third-order valence-corrected chi connectivity index (χ3v) is 6.12. The number of methoxy groups -OCH3 is 1. The molecule has 1 aliphatic rings. The van der Waals surface area contributed by atoms with Crippen LogP contribution in [0.5, 0.6) is 0 Å². The van der Waals surface area contributed by atoms with Gasteiger partial charge in [0.25, 0.3) is 0 Å². The lowest BCUT2D eigenvalue weighted by atomic mass is 10.0. The number of amides is 1. The van der Waals surface area contributed by atoms with E-state index in [9.17, 15) is 9.59 Å². The number of ether oxygens (including phenoxy) is 1. The van der Waals surface area contributed by atoms with Gasteiger partial charge in [0.2, 0.25) is 5.91 Å². The Morgan fingerprint density at radius 2 is 1.71 bits per heavy atom. The van der Waals surface area contributed by atoms with E-state index >= 15 is 0 Å². The van der Waals surface area contributed by atoms with Crippen LogP contribution in [0, 0.1) is 6.92 Å². The average molecular weight is 474 g/mol. The summed E-state index contributed by atoms with van der Waals surface area (Å²) in [6.45, 7) is 2.50. The van der Waals surface area contributed by atoms with E-state index < -0.39 is 6.04 Å². The normalized spacial score (nSPS) is 14.3. The molecule has 0 bridgehead atoms. The molecule has 1 aliphatic heterocycles. The minimum Gasteiger partial charge on any atom is -0.469 e. The highest BCUT2D eigenvalue weighted by atomic mass is 16.5. The van der Waals surface area contributed by atoms with E-state index in [1.807, 2.05) is 66.1 Å². The Labute approximate surface area is 205 Å². The van der Waals surface area contributed by atoms with Crippen molar-refractivity contribution < 1.29 is 14.3 Å². The Balaban J connectivity index is 1.48. The Hall–Kier alpha value is -3.81. The van der Waals surface area contributed by atoms with Crippen LogP contribution in [0.4, 0.5) is 0 Å². The summed E-state index contributed by atoms with van der Waals surface area (Å²) < 4.78 is 6.66. The van der Waals surface area contributed by atoms with Crippen LogP contribution >= 0.6 is 0 Å². The summed E-state index contributed by atoms with van der Waals surface area (Å²) in [5.74, 6) is 1.18. The SMILES string of the molecule is COC(=O)CCCCCCNC(=O)C[C@@H]1N=C(c2ccccc2)c2ccccc2-n2c(C)nnc21. The Kier molecular flexibility index (Phi) is 8.03. The molecule has 1 atom stereocenters. The van der Waals surface area contributed by atoms with E-state index in [-0.39, 0.29) is 18.3 Å². The third-order valence-electron chi connectivity index (χ3n) is 6.12. The van der Waals surface area contributed by atoms with Crippen LogP contribution in [0.25, 0.3) is 5.69 Å². The number of hydrogen-bond acceptors (Lipinski definition) is 6. The Morgan fingerprint density at radius 3 is 2.51 bits per heavy atom. The Morgan fingerprint density at radius 1 is 0.971 bits per heavy atom. The number of aliphatic imine (C=N–C) groups is 1. The van der Waals surface area contributed by atoms with Gasteiger partial charge in [-0.25, -0.2) is 0 Å². The van der Waals surface area contributed by atoms with Gasteiger partial charge in [0, 0.05) is 24.1 Å². The van der Waals surface area contributed by atoms with Gasteiger partial charge in [-0.2, -0.15) is 0 Å². The molecular formula is C27H31N5O3. The monoisotopic (exact) mass is 473 g/mol. The number of rotatable bonds is 10. The molecule has 2 heterocycles. The van der Waals surface area contributed by atoms with E-state index in [4.69, 9.17) is 4.99 Å². The van der Waals surface area contributed by atoms with Crippen LogP contribution in [-0.2, 0) is 14.3 Å². The van der Waals surface area contributed by atoms with Crippen LogP contribution in [-0.4, -0.2) is 46.0 Å². The van der Waals surface area contributed by atoms with E-state index in [1.54, 1.807) is 0 Å². The molecule has 0 saturated heterocycles. The molecule has 0 unspecified atom stereocenters. The van der Waals surface area contributed by atoms with E-state index in [2.05, 4.69) is 20.3 Å². The maximum atomic E-state index is 12.9. The standard InChI is InChI=1S/C27H31N5O3/c1-19-30-31-27-22(18-24(33)28-17-11-4-3-8-16-25(34)35-2)29-26(20-12-6-5-7-13-20)21-14-9-10-15-23(21)32(19)27/h5-7,9-10,12-15,22H,3-4,8,11,16-18H2,1-2H3,(H,28,33)/t22-/m0/s1. The fraction of sp³-hybridized carbons (Fsp3) is 0.370. The molecule has 0 radical (unpaired) electrons. The molecule has 1 aromatic heterocycles. The molecule has 1 N–H and O–H groups in total. The van der Waals surface area contributed by atoms with Crippen molar-refractivity contribution in [3.8, 4) is 5.69 Å². The second-order valence-corrected chi connectivity index (χ2v) is 8.61. The summed E-state index contributed by atoms with van der Waals surface area (Å²) in [7, 11) is 1.40. The molecule has 0 saturated carbocycles. The number of benzene rings is 2. The molecule has 0 spiro atoms. The molecule has 3 aromatic rings. The van der Waals surface area contributed by atoms with Crippen molar-refractivity contribution in [3.63, 3.8) is 0 Å². The topological polar surface area (TPSA) is 98.5 Å². The molecule has 182 valence electrons. The molecule has 0 fully saturated rings. The maximum absolute atomic E-state index is 12.9.